The van der Waals surface area contributed by atoms with Crippen molar-refractivity contribution in [1.29, 1.82) is 0 Å². The highest BCUT2D eigenvalue weighted by molar-refractivity contribution is 5.76. The average molecular weight is 371 g/mol. The smallest absolute Gasteiger partial charge is 0.339 e. The fourth-order valence-electron chi connectivity index (χ4n) is 2.20. The summed E-state index contributed by atoms with van der Waals surface area (Å²) in [6, 6.07) is 4.44. The SMILES string of the molecule is C=CCN(CC(F)(F)F)C(=O)CCc1nc(-c2ccc(C)c(F)c2)no1. The van der Waals surface area contributed by atoms with Crippen LogP contribution in [0.15, 0.2) is 35.4 Å². The highest BCUT2D eigenvalue weighted by Gasteiger charge is 2.32. The third-order valence-corrected chi connectivity index (χ3v) is 3.52. The van der Waals surface area contributed by atoms with E-state index >= 15 is 0 Å². The molecule has 0 atom stereocenters. The van der Waals surface area contributed by atoms with Gasteiger partial charge in [-0.25, -0.2) is 4.39 Å². The maximum absolute atomic E-state index is 13.6. The van der Waals surface area contributed by atoms with Gasteiger partial charge in [-0.15, -0.1) is 6.58 Å². The summed E-state index contributed by atoms with van der Waals surface area (Å²) < 4.78 is 56.1. The lowest BCUT2D eigenvalue weighted by atomic mass is 10.1. The lowest BCUT2D eigenvalue weighted by Gasteiger charge is -2.22. The number of hydrogen-bond donors (Lipinski definition) is 0. The van der Waals surface area contributed by atoms with E-state index in [9.17, 15) is 22.4 Å². The minimum Gasteiger partial charge on any atom is -0.339 e. The summed E-state index contributed by atoms with van der Waals surface area (Å²) in [6.07, 6.45) is -3.52. The first kappa shape index (κ1) is 19.6. The van der Waals surface area contributed by atoms with Crippen molar-refractivity contribution in [2.75, 3.05) is 13.1 Å². The van der Waals surface area contributed by atoms with Gasteiger partial charge >= 0.3 is 6.18 Å². The van der Waals surface area contributed by atoms with Crippen LogP contribution in [0.2, 0.25) is 0 Å². The zero-order valence-corrected chi connectivity index (χ0v) is 14.0. The number of amides is 1. The molecule has 1 amide bonds. The molecule has 1 aromatic carbocycles. The van der Waals surface area contributed by atoms with Gasteiger partial charge in [0.25, 0.3) is 0 Å². The van der Waals surface area contributed by atoms with Gasteiger partial charge in [0.05, 0.1) is 0 Å². The van der Waals surface area contributed by atoms with Crippen LogP contribution in [-0.4, -0.2) is 40.2 Å². The maximum Gasteiger partial charge on any atom is 0.406 e. The van der Waals surface area contributed by atoms with Crippen molar-refractivity contribution >= 4 is 5.91 Å². The van der Waals surface area contributed by atoms with Crippen LogP contribution >= 0.6 is 0 Å². The molecule has 1 aromatic heterocycles. The molecule has 0 fully saturated rings. The zero-order valence-electron chi connectivity index (χ0n) is 14.0. The van der Waals surface area contributed by atoms with Gasteiger partial charge in [0.1, 0.15) is 12.4 Å². The number of halogens is 4. The summed E-state index contributed by atoms with van der Waals surface area (Å²) in [5.74, 6) is -0.899. The average Bonchev–Trinajstić information content (AvgIpc) is 3.02. The first-order valence-electron chi connectivity index (χ1n) is 7.74. The molecule has 0 saturated carbocycles. The fraction of sp³-hybridized carbons (Fsp3) is 0.353. The predicted octanol–water partition coefficient (Wildman–Crippen LogP) is 3.69. The third-order valence-electron chi connectivity index (χ3n) is 3.52. The number of aryl methyl sites for hydroxylation is 2. The van der Waals surface area contributed by atoms with Crippen molar-refractivity contribution in [3.8, 4) is 11.4 Å². The van der Waals surface area contributed by atoms with Crippen LogP contribution in [0.4, 0.5) is 17.6 Å². The van der Waals surface area contributed by atoms with E-state index in [0.29, 0.717) is 16.0 Å². The van der Waals surface area contributed by atoms with E-state index in [1.807, 2.05) is 0 Å². The van der Waals surface area contributed by atoms with Gasteiger partial charge in [-0.2, -0.15) is 18.2 Å². The van der Waals surface area contributed by atoms with Gasteiger partial charge in [0.15, 0.2) is 0 Å². The second kappa shape index (κ2) is 8.11. The Hall–Kier alpha value is -2.71. The van der Waals surface area contributed by atoms with Crippen molar-refractivity contribution in [2.45, 2.75) is 25.9 Å². The third kappa shape index (κ3) is 5.40. The number of nitrogens with zero attached hydrogens (tertiary/aromatic N) is 3. The Bertz CT molecular complexity index is 787. The quantitative estimate of drug-likeness (QED) is 0.550. The second-order valence-electron chi connectivity index (χ2n) is 5.65. The molecule has 0 bridgehead atoms. The van der Waals surface area contributed by atoms with Gasteiger partial charge in [-0.3, -0.25) is 4.79 Å². The summed E-state index contributed by atoms with van der Waals surface area (Å²) in [5.41, 5.74) is 0.870. The molecule has 0 unspecified atom stereocenters. The molecule has 5 nitrogen and oxygen atoms in total. The molecule has 2 aromatic rings. The van der Waals surface area contributed by atoms with Gasteiger partial charge in [0, 0.05) is 24.9 Å². The zero-order chi connectivity index (χ0) is 19.3. The topological polar surface area (TPSA) is 59.2 Å². The van der Waals surface area contributed by atoms with E-state index in [2.05, 4.69) is 16.7 Å². The second-order valence-corrected chi connectivity index (χ2v) is 5.65. The van der Waals surface area contributed by atoms with Crippen LogP contribution in [-0.2, 0) is 11.2 Å². The number of aromatic nitrogens is 2. The van der Waals surface area contributed by atoms with E-state index in [1.54, 1.807) is 19.1 Å². The molecule has 0 spiro atoms. The number of benzene rings is 1. The largest absolute Gasteiger partial charge is 0.406 e. The van der Waals surface area contributed by atoms with Gasteiger partial charge < -0.3 is 9.42 Å². The Morgan fingerprint density at radius 1 is 1.38 bits per heavy atom. The summed E-state index contributed by atoms with van der Waals surface area (Å²) in [6.45, 7) is 3.40. The summed E-state index contributed by atoms with van der Waals surface area (Å²) in [7, 11) is 0. The monoisotopic (exact) mass is 371 g/mol. The molecule has 26 heavy (non-hydrogen) atoms. The van der Waals surface area contributed by atoms with Gasteiger partial charge in [-0.1, -0.05) is 23.4 Å². The van der Waals surface area contributed by atoms with E-state index in [-0.39, 0.29) is 31.1 Å². The first-order chi connectivity index (χ1) is 12.2. The molecule has 0 aliphatic carbocycles. The number of rotatable bonds is 7. The highest BCUT2D eigenvalue weighted by atomic mass is 19.4. The van der Waals surface area contributed by atoms with Crippen LogP contribution in [0.5, 0.6) is 0 Å². The van der Waals surface area contributed by atoms with Crippen LogP contribution in [0.25, 0.3) is 11.4 Å². The van der Waals surface area contributed by atoms with E-state index in [1.165, 1.54) is 12.1 Å². The Morgan fingerprint density at radius 2 is 2.12 bits per heavy atom. The Kier molecular flexibility index (Phi) is 6.12. The molecule has 0 saturated heterocycles. The number of carbonyl (C=O) groups excluding carboxylic acids is 1. The van der Waals surface area contributed by atoms with Crippen molar-refractivity contribution in [3.05, 3.63) is 48.1 Å². The standard InChI is InChI=1S/C17H17F4N3O2/c1-3-8-24(10-17(19,20)21)15(25)7-6-14-22-16(23-26-14)12-5-4-11(2)13(18)9-12/h3-5,9H,1,6-8,10H2,2H3. The van der Waals surface area contributed by atoms with E-state index in [0.717, 1.165) is 0 Å². The Morgan fingerprint density at radius 3 is 2.73 bits per heavy atom. The van der Waals surface area contributed by atoms with Gasteiger partial charge in [-0.05, 0) is 18.6 Å². The summed E-state index contributed by atoms with van der Waals surface area (Å²) in [4.78, 5) is 16.7. The highest BCUT2D eigenvalue weighted by Crippen LogP contribution is 2.20. The van der Waals surface area contributed by atoms with Crippen molar-refractivity contribution in [1.82, 2.24) is 15.0 Å². The van der Waals surface area contributed by atoms with Crippen molar-refractivity contribution in [3.63, 3.8) is 0 Å². The lowest BCUT2D eigenvalue weighted by Crippen LogP contribution is -2.39. The molecule has 0 N–H and O–H groups in total. The van der Waals surface area contributed by atoms with Crippen LogP contribution in [0.3, 0.4) is 0 Å². The molecular weight excluding hydrogens is 354 g/mol. The van der Waals surface area contributed by atoms with Crippen LogP contribution in [0.1, 0.15) is 17.9 Å². The summed E-state index contributed by atoms with van der Waals surface area (Å²) in [5, 5.41) is 3.70. The Labute approximate surface area is 147 Å². The van der Waals surface area contributed by atoms with Crippen molar-refractivity contribution < 1.29 is 26.9 Å². The van der Waals surface area contributed by atoms with Crippen LogP contribution < -0.4 is 0 Å². The van der Waals surface area contributed by atoms with E-state index < -0.39 is 24.4 Å². The first-order valence-corrected chi connectivity index (χ1v) is 7.74. The molecule has 9 heteroatoms. The normalized spacial score (nSPS) is 11.4. The lowest BCUT2D eigenvalue weighted by molar-refractivity contribution is -0.160. The van der Waals surface area contributed by atoms with Gasteiger partial charge in [0.2, 0.25) is 17.6 Å². The molecule has 0 aliphatic heterocycles. The molecule has 0 radical (unpaired) electrons. The number of carbonyl (C=O) groups is 1. The minimum absolute atomic E-state index is 0.0221. The molecular formula is C17H17F4N3O2. The van der Waals surface area contributed by atoms with Crippen LogP contribution in [0, 0.1) is 12.7 Å². The molecule has 0 aliphatic rings. The fourth-order valence-corrected chi connectivity index (χ4v) is 2.20. The number of alkyl halides is 3. The molecule has 1 heterocycles. The molecule has 2 rings (SSSR count). The maximum atomic E-state index is 13.6. The van der Waals surface area contributed by atoms with Crippen molar-refractivity contribution in [2.24, 2.45) is 0 Å². The van der Waals surface area contributed by atoms with E-state index in [4.69, 9.17) is 4.52 Å². The minimum atomic E-state index is -4.49. The molecule has 140 valence electrons. The predicted molar refractivity (Wildman–Crippen MR) is 85.6 cm³/mol. The number of hydrogen-bond acceptors (Lipinski definition) is 4. The summed E-state index contributed by atoms with van der Waals surface area (Å²) >= 11 is 0. The Balaban J connectivity index is 2.00.